The minimum Gasteiger partial charge on any atom is -0.481 e. The van der Waals surface area contributed by atoms with E-state index in [9.17, 15) is 117 Å². The smallest absolute Gasteiger partial charge is 0.317 e. The Kier molecular flexibility index (Phi) is 61.3. The number of amides is 16. The fourth-order valence-electron chi connectivity index (χ4n) is 16.4. The Morgan fingerprint density at radius 3 is 1.57 bits per heavy atom. The molecule has 2 aromatic carbocycles. The number of fused-ring (bicyclic) bond motifs is 1. The molecule has 2 saturated heterocycles. The molecule has 0 spiro atoms. The van der Waals surface area contributed by atoms with E-state index in [1.165, 1.54) is 37.7 Å². The van der Waals surface area contributed by atoms with Gasteiger partial charge in [0.15, 0.2) is 5.96 Å². The van der Waals surface area contributed by atoms with E-state index in [4.69, 9.17) is 25.7 Å². The van der Waals surface area contributed by atoms with E-state index < -0.39 is 250 Å². The molecule has 6 rings (SSSR count). The second kappa shape index (κ2) is 72.6. The van der Waals surface area contributed by atoms with Gasteiger partial charge in [0.25, 0.3) is 0 Å². The van der Waals surface area contributed by atoms with E-state index in [2.05, 4.69) is 114 Å². The molecule has 3 aliphatic heterocycles. The quantitative estimate of drug-likeness (QED) is 0.0146. The number of aryl methyl sites for hydroxylation is 1. The van der Waals surface area contributed by atoms with Crippen LogP contribution in [0.4, 0.5) is 0 Å². The number of aliphatic hydroxyl groups is 5. The summed E-state index contributed by atoms with van der Waals surface area (Å²) < 4.78 is 11.0. The molecule has 0 unspecified atom stereocenters. The first-order valence-corrected chi connectivity index (χ1v) is 51.1. The van der Waals surface area contributed by atoms with Crippen molar-refractivity contribution in [2.45, 2.75) is 279 Å². The molecule has 0 bridgehead atoms. The molecule has 4 heterocycles. The van der Waals surface area contributed by atoms with E-state index >= 15 is 9.59 Å². The SMILES string of the molecule is CC(=O)N[C@H]1CCCCNC(=O)C[C@@H](C(=O)N2CCC[C@H]2C(=O)N[C@@H](CO)C(=O)N[C@@H](CO)C(=O)N[C@@H](CO)C(=O)N[C@@H](CCCCN(CC(=O)O)CC(=O)O)C(=O)N[C@@H](CO)C(=O)N[C@@H](CO)C(=O)NCCOCCOCCNC(=O)CCCCCCCCCCCCCCCCC(=O)O)NC(=O)[C@H](Cc2c[nH]c3ccccc23)NC(=O)[C@H](CCCNC(=N)N)NC(=O)CNC(=O)[C@H](CC2=CCC=N2)NC1=O.Cc1ccccc1. The Hall–Kier alpha value is -13.7. The van der Waals surface area contributed by atoms with Crippen LogP contribution in [0.5, 0.6) is 0 Å². The number of aliphatic hydroxyl groups excluding tert-OH is 5. The lowest BCUT2D eigenvalue weighted by Crippen LogP contribution is -2.62. The molecule has 0 saturated carbocycles. The number of nitrogens with two attached hydrogens (primary N) is 1. The van der Waals surface area contributed by atoms with Crippen LogP contribution in [0.2, 0.25) is 0 Å². The molecule has 834 valence electrons. The van der Waals surface area contributed by atoms with Gasteiger partial charge >= 0.3 is 17.9 Å². The summed E-state index contributed by atoms with van der Waals surface area (Å²) in [7, 11) is 0. The highest BCUT2D eigenvalue weighted by Gasteiger charge is 2.43. The lowest BCUT2D eigenvalue weighted by atomic mass is 10.0. The number of hydrogen-bond acceptors (Lipinski definition) is 29. The molecular weight excluding hydrogens is 1960 g/mol. The van der Waals surface area contributed by atoms with Gasteiger partial charge in [-0.1, -0.05) is 137 Å². The summed E-state index contributed by atoms with van der Waals surface area (Å²) >= 11 is 0. The van der Waals surface area contributed by atoms with Crippen molar-refractivity contribution in [3.63, 3.8) is 0 Å². The van der Waals surface area contributed by atoms with Crippen molar-refractivity contribution in [1.29, 1.82) is 5.41 Å². The second-order valence-corrected chi connectivity index (χ2v) is 36.6. The summed E-state index contributed by atoms with van der Waals surface area (Å²) in [4.78, 5) is 267. The van der Waals surface area contributed by atoms with Crippen molar-refractivity contribution in [3.05, 3.63) is 83.7 Å². The summed E-state index contributed by atoms with van der Waals surface area (Å²) in [6.45, 7) is -4.97. The second-order valence-electron chi connectivity index (χ2n) is 36.6. The predicted molar refractivity (Wildman–Crippen MR) is 544 cm³/mol. The van der Waals surface area contributed by atoms with Gasteiger partial charge in [0.1, 0.15) is 72.5 Å². The normalized spacial score (nSPS) is 18.1. The number of allylic oxidation sites excluding steroid dienone is 1. The molecule has 16 amide bonds. The fourth-order valence-corrected chi connectivity index (χ4v) is 16.4. The Labute approximate surface area is 870 Å². The average Bonchev–Trinajstić information content (AvgIpc) is 1.66. The van der Waals surface area contributed by atoms with Crippen LogP contribution in [0, 0.1) is 12.3 Å². The van der Waals surface area contributed by atoms with Crippen molar-refractivity contribution in [1.82, 2.24) is 99.9 Å². The van der Waals surface area contributed by atoms with Crippen molar-refractivity contribution in [2.75, 3.05) is 118 Å². The molecule has 0 aliphatic carbocycles. The van der Waals surface area contributed by atoms with Gasteiger partial charge in [0.05, 0.1) is 85.5 Å². The van der Waals surface area contributed by atoms with E-state index in [0.717, 1.165) is 74.5 Å². The number of nitrogens with one attached hydrogen (secondary N) is 18. The number of unbranched alkanes of at least 4 members (excludes halogenated alkanes) is 14. The monoisotopic (exact) mass is 2120 g/mol. The molecule has 12 atom stereocenters. The third kappa shape index (κ3) is 51.0. The van der Waals surface area contributed by atoms with E-state index in [1.807, 2.05) is 18.2 Å². The van der Waals surface area contributed by atoms with Gasteiger partial charge in [-0.15, -0.1) is 0 Å². The number of hydrogen-bond donors (Lipinski definition) is 27. The highest BCUT2D eigenvalue weighted by atomic mass is 16.5. The first-order chi connectivity index (χ1) is 72.0. The number of nitrogens with zero attached hydrogens (tertiary/aromatic N) is 3. The van der Waals surface area contributed by atoms with Crippen molar-refractivity contribution < 1.29 is 141 Å². The number of aromatic nitrogens is 1. The Morgan fingerprint density at radius 1 is 0.513 bits per heavy atom. The van der Waals surface area contributed by atoms with Crippen molar-refractivity contribution in [2.24, 2.45) is 10.7 Å². The first kappa shape index (κ1) is 127. The van der Waals surface area contributed by atoms with Gasteiger partial charge in [-0.2, -0.15) is 0 Å². The number of rotatable bonds is 63. The van der Waals surface area contributed by atoms with Gasteiger partial charge in [-0.05, 0) is 102 Å². The van der Waals surface area contributed by atoms with Crippen LogP contribution < -0.4 is 90.8 Å². The number of benzene rings is 2. The Morgan fingerprint density at radius 2 is 1.03 bits per heavy atom. The van der Waals surface area contributed by atoms with Crippen molar-refractivity contribution >= 4 is 135 Å². The lowest BCUT2D eigenvalue weighted by Gasteiger charge is -2.31. The summed E-state index contributed by atoms with van der Waals surface area (Å²) in [5.41, 5.74) is 8.35. The van der Waals surface area contributed by atoms with Gasteiger partial charge in [0.2, 0.25) is 94.5 Å². The number of para-hydroxylation sites is 1. The molecule has 1 aromatic heterocycles. The molecular formula is C99H154N22O29. The maximum absolute atomic E-state index is 15.3. The summed E-state index contributed by atoms with van der Waals surface area (Å²) in [6, 6.07) is -3.61. The number of ether oxygens (including phenoxy) is 2. The molecule has 28 N–H and O–H groups in total. The third-order valence-electron chi connectivity index (χ3n) is 24.4. The minimum absolute atomic E-state index is 0.00701. The average molecular weight is 2120 g/mol. The topological polar surface area (TPSA) is 782 Å². The predicted octanol–water partition coefficient (Wildman–Crippen LogP) is -3.94. The summed E-state index contributed by atoms with van der Waals surface area (Å²) in [5, 5.41) is 127. The van der Waals surface area contributed by atoms with Gasteiger partial charge in [0, 0.05) is 101 Å². The Balaban J connectivity index is 0.00000540. The van der Waals surface area contributed by atoms with Gasteiger partial charge in [-0.25, -0.2) is 0 Å². The molecule has 51 heteroatoms. The minimum atomic E-state index is -2.09. The zero-order valence-electron chi connectivity index (χ0n) is 85.4. The number of aromatic amines is 1. The number of carbonyl (C=O) groups excluding carboxylic acids is 16. The zero-order chi connectivity index (χ0) is 110. The summed E-state index contributed by atoms with van der Waals surface area (Å²) in [6.07, 6.45) is 19.0. The molecule has 0 radical (unpaired) electrons. The van der Waals surface area contributed by atoms with E-state index in [0.29, 0.717) is 35.0 Å². The standard InChI is InChI=1S/C92H146N22O29.C7H8/c1-57(120)102-62-28-18-20-34-96-75(122)47-67(107-85(135)65(45-58-48-100-61-27-17-16-26-60(58)61)105-83(133)63(30-23-36-99-92(93)94)103-76(123)49-101-80(130)66(106-82(62)132)46-59-25-22-35-95-59)91(141)114-40-24-31-73(114)90(140)112-72(56-119)89(139)111-71(55-118)88(138)110-69(53-116)86(136)104-64(29-19-21-39-113(50-78(126)127)51-79(128)129)84(134)109-70(54-117)87(137)108-68(52-115)81(131)98-38-42-143-44-43-142-41-37-97-74(121)32-14-12-10-8-6-4-2-3-5-7-9-11-13-15-33-77(124)125;1-7-5-3-2-4-6-7/h16-17,25-27,35,48,62-73,100,115-119H,2-15,18-24,28-34,36-47,49-56H2,1H3,(H,96,122)(H,97,121)(H,98,131)(H,101,130)(H,102,120)(H,103,123)(H,104,136)(H,105,133)(H,106,132)(H,107,135)(H,108,137)(H,109,134)(H,110,138)(H,111,139)(H,112,140)(H,124,125)(H,126,127)(H,128,129)(H4,93,94,99);2-6H,1H3/t62-,63-,64-,65-,66-,67-,68-,69-,70-,71-,72-,73-;/m0./s1. The number of carboxylic acids is 3. The Bertz CT molecular complexity index is 4880. The molecule has 3 aromatic rings. The molecule has 51 nitrogen and oxygen atoms in total. The summed E-state index contributed by atoms with van der Waals surface area (Å²) in [5.74, 6) is -19.8. The van der Waals surface area contributed by atoms with Crippen LogP contribution in [-0.4, -0.2) is 371 Å². The number of aliphatic imine (C=N–C) groups is 1. The molecule has 2 fully saturated rings. The number of H-pyrrole nitrogens is 1. The van der Waals surface area contributed by atoms with Crippen LogP contribution in [0.25, 0.3) is 10.9 Å². The van der Waals surface area contributed by atoms with Crippen LogP contribution in [0.15, 0.2) is 77.6 Å². The van der Waals surface area contributed by atoms with Crippen LogP contribution in [0.1, 0.15) is 204 Å². The number of guanidine groups is 1. The fraction of sp³-hybridized carbons (Fsp3) is 0.626. The third-order valence-corrected chi connectivity index (χ3v) is 24.4. The number of carboxylic acid groups (broad SMARTS) is 3. The van der Waals surface area contributed by atoms with E-state index in [1.54, 1.807) is 42.8 Å². The molecule has 150 heavy (non-hydrogen) atoms. The van der Waals surface area contributed by atoms with Crippen LogP contribution in [-0.2, 0) is 107 Å². The van der Waals surface area contributed by atoms with Crippen molar-refractivity contribution in [3.8, 4) is 0 Å². The van der Waals surface area contributed by atoms with Crippen LogP contribution >= 0.6 is 0 Å². The lowest BCUT2D eigenvalue weighted by molar-refractivity contribution is -0.144. The van der Waals surface area contributed by atoms with E-state index in [-0.39, 0.29) is 149 Å². The number of aliphatic carboxylic acids is 3. The maximum Gasteiger partial charge on any atom is 0.317 e. The zero-order valence-corrected chi connectivity index (χ0v) is 85.4. The number of carbonyl (C=O) groups is 19. The number of likely N-dealkylation sites (tertiary alicyclic amines) is 1. The van der Waals surface area contributed by atoms with Crippen LogP contribution in [0.3, 0.4) is 0 Å². The van der Waals surface area contributed by atoms with Gasteiger partial charge < -0.3 is 151 Å². The first-order valence-electron chi connectivity index (χ1n) is 51.1. The maximum atomic E-state index is 15.3. The largest absolute Gasteiger partial charge is 0.481 e. The highest BCUT2D eigenvalue weighted by molar-refractivity contribution is 6.01. The highest BCUT2D eigenvalue weighted by Crippen LogP contribution is 2.24. The molecule has 3 aliphatic rings. The van der Waals surface area contributed by atoms with Gasteiger partial charge in [-0.3, -0.25) is 106 Å².